The Bertz CT molecular complexity index is 614. The SMILES string of the molecule is C/C(=C\C(=O)O)c1ccc(-c2ccccc2F)s1. The van der Waals surface area contributed by atoms with E-state index in [1.165, 1.54) is 17.4 Å². The van der Waals surface area contributed by atoms with E-state index in [0.29, 0.717) is 11.1 Å². The van der Waals surface area contributed by atoms with Gasteiger partial charge in [-0.15, -0.1) is 11.3 Å². The average molecular weight is 262 g/mol. The van der Waals surface area contributed by atoms with Crippen molar-refractivity contribution in [1.29, 1.82) is 0 Å². The van der Waals surface area contributed by atoms with Crippen molar-refractivity contribution in [3.05, 3.63) is 53.2 Å². The van der Waals surface area contributed by atoms with Crippen molar-refractivity contribution in [2.24, 2.45) is 0 Å². The van der Waals surface area contributed by atoms with Gasteiger partial charge in [0.25, 0.3) is 0 Å². The molecule has 0 fully saturated rings. The van der Waals surface area contributed by atoms with Crippen LogP contribution in [0.4, 0.5) is 4.39 Å². The lowest BCUT2D eigenvalue weighted by Crippen LogP contribution is -1.88. The van der Waals surface area contributed by atoms with Crippen molar-refractivity contribution in [3.63, 3.8) is 0 Å². The summed E-state index contributed by atoms with van der Waals surface area (Å²) < 4.78 is 13.6. The van der Waals surface area contributed by atoms with Gasteiger partial charge in [0.2, 0.25) is 0 Å². The number of aliphatic carboxylic acids is 1. The van der Waals surface area contributed by atoms with Crippen LogP contribution in [0.3, 0.4) is 0 Å². The van der Waals surface area contributed by atoms with E-state index in [1.54, 1.807) is 37.3 Å². The van der Waals surface area contributed by atoms with E-state index >= 15 is 0 Å². The van der Waals surface area contributed by atoms with Crippen molar-refractivity contribution in [2.45, 2.75) is 6.92 Å². The molecule has 18 heavy (non-hydrogen) atoms. The molecule has 4 heteroatoms. The highest BCUT2D eigenvalue weighted by Gasteiger charge is 2.08. The van der Waals surface area contributed by atoms with E-state index in [0.717, 1.165) is 15.8 Å². The Labute approximate surface area is 108 Å². The van der Waals surface area contributed by atoms with Crippen molar-refractivity contribution in [1.82, 2.24) is 0 Å². The van der Waals surface area contributed by atoms with Crippen LogP contribution in [-0.4, -0.2) is 11.1 Å². The third-order valence-corrected chi connectivity index (χ3v) is 3.73. The standard InChI is InChI=1S/C14H11FO2S/c1-9(8-14(16)17)12-6-7-13(18-12)10-4-2-3-5-11(10)15/h2-8H,1H3,(H,16,17)/b9-8+. The summed E-state index contributed by atoms with van der Waals surface area (Å²) in [6, 6.07) is 10.1. The zero-order valence-corrected chi connectivity index (χ0v) is 10.5. The molecule has 2 nitrogen and oxygen atoms in total. The minimum absolute atomic E-state index is 0.272. The molecule has 0 aliphatic heterocycles. The number of hydrogen-bond acceptors (Lipinski definition) is 2. The van der Waals surface area contributed by atoms with Gasteiger partial charge in [0.05, 0.1) is 0 Å². The van der Waals surface area contributed by atoms with Crippen molar-refractivity contribution >= 4 is 22.9 Å². The number of benzene rings is 1. The van der Waals surface area contributed by atoms with Gasteiger partial charge in [-0.2, -0.15) is 0 Å². The fraction of sp³-hybridized carbons (Fsp3) is 0.0714. The van der Waals surface area contributed by atoms with Crippen LogP contribution in [0.15, 0.2) is 42.5 Å². The number of thiophene rings is 1. The Hall–Kier alpha value is -1.94. The van der Waals surface area contributed by atoms with Crippen LogP contribution in [0.2, 0.25) is 0 Å². The highest BCUT2D eigenvalue weighted by atomic mass is 32.1. The monoisotopic (exact) mass is 262 g/mol. The minimum atomic E-state index is -0.978. The first-order chi connectivity index (χ1) is 8.58. The summed E-state index contributed by atoms with van der Waals surface area (Å²) in [5.74, 6) is -1.25. The summed E-state index contributed by atoms with van der Waals surface area (Å²) in [6.45, 7) is 1.73. The van der Waals surface area contributed by atoms with Crippen LogP contribution in [0.25, 0.3) is 16.0 Å². The average Bonchev–Trinajstić information content (AvgIpc) is 2.78. The minimum Gasteiger partial charge on any atom is -0.478 e. The number of carboxylic acid groups (broad SMARTS) is 1. The molecule has 0 aliphatic carbocycles. The van der Waals surface area contributed by atoms with Gasteiger partial charge in [0, 0.05) is 21.4 Å². The predicted octanol–water partition coefficient (Wildman–Crippen LogP) is 4.04. The van der Waals surface area contributed by atoms with E-state index in [2.05, 4.69) is 0 Å². The molecule has 0 unspecified atom stereocenters. The summed E-state index contributed by atoms with van der Waals surface area (Å²) in [5, 5.41) is 8.68. The molecule has 0 bridgehead atoms. The van der Waals surface area contributed by atoms with Crippen molar-refractivity contribution in [3.8, 4) is 10.4 Å². The van der Waals surface area contributed by atoms with Gasteiger partial charge in [-0.25, -0.2) is 9.18 Å². The van der Waals surface area contributed by atoms with Crippen LogP contribution in [0, 0.1) is 5.82 Å². The molecule has 92 valence electrons. The van der Waals surface area contributed by atoms with Crippen LogP contribution in [0.1, 0.15) is 11.8 Å². The fourth-order valence-electron chi connectivity index (χ4n) is 1.61. The molecule has 0 radical (unpaired) electrons. The van der Waals surface area contributed by atoms with Gasteiger partial charge in [0.15, 0.2) is 0 Å². The maximum absolute atomic E-state index is 13.6. The van der Waals surface area contributed by atoms with Crippen LogP contribution in [-0.2, 0) is 4.79 Å². The molecule has 1 aromatic carbocycles. The maximum Gasteiger partial charge on any atom is 0.328 e. The van der Waals surface area contributed by atoms with Crippen LogP contribution < -0.4 is 0 Å². The lowest BCUT2D eigenvalue weighted by Gasteiger charge is -1.98. The zero-order chi connectivity index (χ0) is 13.1. The molecule has 0 aliphatic rings. The molecule has 2 rings (SSSR count). The van der Waals surface area contributed by atoms with E-state index in [9.17, 15) is 9.18 Å². The smallest absolute Gasteiger partial charge is 0.328 e. The number of hydrogen-bond donors (Lipinski definition) is 1. The molecule has 0 amide bonds. The summed E-state index contributed by atoms with van der Waals surface area (Å²) >= 11 is 1.38. The first-order valence-corrected chi connectivity index (χ1v) is 6.16. The summed E-state index contributed by atoms with van der Waals surface area (Å²) in [7, 11) is 0. The molecular weight excluding hydrogens is 251 g/mol. The normalized spacial score (nSPS) is 11.6. The molecular formula is C14H11FO2S. The van der Waals surface area contributed by atoms with Gasteiger partial charge in [-0.3, -0.25) is 0 Å². The first-order valence-electron chi connectivity index (χ1n) is 5.34. The quantitative estimate of drug-likeness (QED) is 0.847. The number of allylic oxidation sites excluding steroid dienone is 1. The molecule has 1 heterocycles. The van der Waals surface area contributed by atoms with Gasteiger partial charge in [-0.1, -0.05) is 18.2 Å². The Morgan fingerprint density at radius 1 is 1.28 bits per heavy atom. The molecule has 1 aromatic heterocycles. The Balaban J connectivity index is 2.37. The second-order valence-electron chi connectivity index (χ2n) is 3.81. The Morgan fingerprint density at radius 2 is 2.00 bits per heavy atom. The van der Waals surface area contributed by atoms with Crippen molar-refractivity contribution < 1.29 is 14.3 Å². The molecule has 0 atom stereocenters. The first kappa shape index (κ1) is 12.5. The topological polar surface area (TPSA) is 37.3 Å². The molecule has 0 saturated heterocycles. The number of halogens is 1. The summed E-state index contributed by atoms with van der Waals surface area (Å²) in [5.41, 5.74) is 1.20. The fourth-order valence-corrected chi connectivity index (χ4v) is 2.62. The van der Waals surface area contributed by atoms with E-state index in [1.807, 2.05) is 0 Å². The lowest BCUT2D eigenvalue weighted by atomic mass is 10.2. The molecule has 0 saturated carbocycles. The van der Waals surface area contributed by atoms with Gasteiger partial charge in [-0.05, 0) is 30.7 Å². The van der Waals surface area contributed by atoms with Gasteiger partial charge < -0.3 is 5.11 Å². The summed E-state index contributed by atoms with van der Waals surface area (Å²) in [4.78, 5) is 12.2. The number of rotatable bonds is 3. The zero-order valence-electron chi connectivity index (χ0n) is 9.68. The second kappa shape index (κ2) is 5.14. The Kier molecular flexibility index (Phi) is 3.58. The van der Waals surface area contributed by atoms with Gasteiger partial charge in [0.1, 0.15) is 5.82 Å². The molecule has 1 N–H and O–H groups in total. The van der Waals surface area contributed by atoms with E-state index in [4.69, 9.17) is 5.11 Å². The van der Waals surface area contributed by atoms with E-state index < -0.39 is 5.97 Å². The maximum atomic E-state index is 13.6. The number of carboxylic acids is 1. The van der Waals surface area contributed by atoms with Crippen LogP contribution >= 0.6 is 11.3 Å². The molecule has 2 aromatic rings. The third kappa shape index (κ3) is 2.65. The van der Waals surface area contributed by atoms with Gasteiger partial charge >= 0.3 is 5.97 Å². The summed E-state index contributed by atoms with van der Waals surface area (Å²) in [6.07, 6.45) is 1.15. The lowest BCUT2D eigenvalue weighted by molar-refractivity contribution is -0.131. The Morgan fingerprint density at radius 3 is 2.67 bits per heavy atom. The second-order valence-corrected chi connectivity index (χ2v) is 4.89. The van der Waals surface area contributed by atoms with Crippen molar-refractivity contribution in [2.75, 3.05) is 0 Å². The predicted molar refractivity (Wildman–Crippen MR) is 71.0 cm³/mol. The van der Waals surface area contributed by atoms with Crippen LogP contribution in [0.5, 0.6) is 0 Å². The highest BCUT2D eigenvalue weighted by Crippen LogP contribution is 2.32. The van der Waals surface area contributed by atoms with E-state index in [-0.39, 0.29) is 5.82 Å². The largest absolute Gasteiger partial charge is 0.478 e. The molecule has 0 spiro atoms. The highest BCUT2D eigenvalue weighted by molar-refractivity contribution is 7.16. The number of carbonyl (C=O) groups is 1. The third-order valence-electron chi connectivity index (χ3n) is 2.47.